The first-order valence-corrected chi connectivity index (χ1v) is 9.62. The summed E-state index contributed by atoms with van der Waals surface area (Å²) in [6.45, 7) is 1.64. The molecular formula is C22H21NO2S. The Kier molecular flexibility index (Phi) is 4.87. The van der Waals surface area contributed by atoms with Crippen molar-refractivity contribution >= 4 is 17.3 Å². The lowest BCUT2D eigenvalue weighted by Crippen LogP contribution is -2.29. The molecule has 0 bridgehead atoms. The Hall–Kier alpha value is -2.43. The zero-order valence-corrected chi connectivity index (χ0v) is 15.5. The Bertz CT molecular complexity index is 903. The predicted octanol–water partition coefficient (Wildman–Crippen LogP) is 4.36. The van der Waals surface area contributed by atoms with Crippen LogP contribution in [-0.2, 0) is 17.7 Å². The minimum atomic E-state index is -0.226. The summed E-state index contributed by atoms with van der Waals surface area (Å²) in [6.07, 6.45) is 0.754. The van der Waals surface area contributed by atoms with E-state index in [4.69, 9.17) is 4.74 Å². The molecule has 132 valence electrons. The largest absolute Gasteiger partial charge is 0.465 e. The van der Waals surface area contributed by atoms with Gasteiger partial charge >= 0.3 is 5.97 Å². The number of hydrogen-bond acceptors (Lipinski definition) is 4. The fourth-order valence-corrected chi connectivity index (χ4v) is 5.04. The summed E-state index contributed by atoms with van der Waals surface area (Å²) < 4.78 is 5.17. The molecule has 0 saturated heterocycles. The van der Waals surface area contributed by atoms with E-state index in [0.717, 1.165) is 35.5 Å². The van der Waals surface area contributed by atoms with Crippen LogP contribution in [0, 0.1) is 0 Å². The van der Waals surface area contributed by atoms with E-state index in [9.17, 15) is 4.79 Å². The molecular weight excluding hydrogens is 342 g/mol. The van der Waals surface area contributed by atoms with Crippen LogP contribution in [-0.4, -0.2) is 19.6 Å². The van der Waals surface area contributed by atoms with Gasteiger partial charge < -0.3 is 10.1 Å². The molecule has 4 heteroatoms. The van der Waals surface area contributed by atoms with Crippen molar-refractivity contribution in [1.29, 1.82) is 0 Å². The van der Waals surface area contributed by atoms with Gasteiger partial charge in [-0.25, -0.2) is 4.79 Å². The molecule has 3 aromatic rings. The zero-order chi connectivity index (χ0) is 17.9. The van der Waals surface area contributed by atoms with Crippen LogP contribution < -0.4 is 5.32 Å². The van der Waals surface area contributed by atoms with Gasteiger partial charge in [0.2, 0.25) is 0 Å². The van der Waals surface area contributed by atoms with Crippen molar-refractivity contribution in [3.8, 4) is 0 Å². The zero-order valence-electron chi connectivity index (χ0n) is 14.7. The highest BCUT2D eigenvalue weighted by atomic mass is 32.1. The van der Waals surface area contributed by atoms with Crippen molar-refractivity contribution in [2.24, 2.45) is 0 Å². The molecule has 26 heavy (non-hydrogen) atoms. The topological polar surface area (TPSA) is 38.3 Å². The highest BCUT2D eigenvalue weighted by Crippen LogP contribution is 2.40. The maximum Gasteiger partial charge on any atom is 0.339 e. The summed E-state index contributed by atoms with van der Waals surface area (Å²) in [5, 5.41) is 3.51. The molecule has 0 aliphatic carbocycles. The molecule has 0 radical (unpaired) electrons. The normalized spacial score (nSPS) is 16.1. The van der Waals surface area contributed by atoms with E-state index in [0.29, 0.717) is 0 Å². The van der Waals surface area contributed by atoms with E-state index < -0.39 is 0 Å². The number of ether oxygens (including phenoxy) is 1. The van der Waals surface area contributed by atoms with Gasteiger partial charge in [-0.3, -0.25) is 0 Å². The van der Waals surface area contributed by atoms with Gasteiger partial charge in [0.25, 0.3) is 0 Å². The van der Waals surface area contributed by atoms with Crippen LogP contribution in [0.25, 0.3) is 0 Å². The van der Waals surface area contributed by atoms with Crippen molar-refractivity contribution in [1.82, 2.24) is 5.32 Å². The lowest BCUT2D eigenvalue weighted by atomic mass is 9.85. The Morgan fingerprint density at radius 1 is 1.12 bits per heavy atom. The fourth-order valence-electron chi connectivity index (χ4n) is 3.68. The van der Waals surface area contributed by atoms with Crippen LogP contribution in [0.3, 0.4) is 0 Å². The molecule has 1 aliphatic rings. The minimum absolute atomic E-state index is 0.176. The molecule has 1 N–H and O–H groups in total. The van der Waals surface area contributed by atoms with Gasteiger partial charge in [0.15, 0.2) is 0 Å². The Morgan fingerprint density at radius 3 is 2.50 bits per heavy atom. The molecule has 1 aromatic heterocycles. The van der Waals surface area contributed by atoms with Crippen molar-refractivity contribution in [3.05, 3.63) is 92.7 Å². The number of fused-ring (bicyclic) bond motifs is 1. The molecule has 3 nitrogen and oxygen atoms in total. The SMILES string of the molecule is COC(=O)c1c(Cc2ccccc2)sc2c1C(c1ccccc1)CNC2. The molecule has 1 aliphatic heterocycles. The van der Waals surface area contributed by atoms with Gasteiger partial charge in [0.05, 0.1) is 12.7 Å². The Morgan fingerprint density at radius 2 is 1.81 bits per heavy atom. The molecule has 0 fully saturated rings. The van der Waals surface area contributed by atoms with Gasteiger partial charge in [-0.15, -0.1) is 11.3 Å². The molecule has 0 spiro atoms. The van der Waals surface area contributed by atoms with E-state index in [1.807, 2.05) is 24.3 Å². The number of thiophene rings is 1. The number of methoxy groups -OCH3 is 1. The quantitative estimate of drug-likeness (QED) is 0.700. The molecule has 1 unspecified atom stereocenters. The predicted molar refractivity (Wildman–Crippen MR) is 105 cm³/mol. The summed E-state index contributed by atoms with van der Waals surface area (Å²) in [5.74, 6) is -0.0499. The van der Waals surface area contributed by atoms with Crippen LogP contribution >= 0.6 is 11.3 Å². The molecule has 1 atom stereocenters. The van der Waals surface area contributed by atoms with Gasteiger partial charge in [-0.1, -0.05) is 60.7 Å². The van der Waals surface area contributed by atoms with E-state index in [2.05, 4.69) is 41.7 Å². The third-order valence-electron chi connectivity index (χ3n) is 4.88. The van der Waals surface area contributed by atoms with E-state index >= 15 is 0 Å². The maximum atomic E-state index is 12.7. The second-order valence-corrected chi connectivity index (χ2v) is 7.67. The van der Waals surface area contributed by atoms with E-state index in [1.165, 1.54) is 23.1 Å². The second kappa shape index (κ2) is 7.44. The summed E-state index contributed by atoms with van der Waals surface area (Å²) in [5.41, 5.74) is 4.36. The smallest absolute Gasteiger partial charge is 0.339 e. The number of hydrogen-bond donors (Lipinski definition) is 1. The van der Waals surface area contributed by atoms with Gasteiger partial charge in [0.1, 0.15) is 0 Å². The average Bonchev–Trinajstić information content (AvgIpc) is 3.06. The Balaban J connectivity index is 1.82. The van der Waals surface area contributed by atoms with Crippen LogP contribution in [0.4, 0.5) is 0 Å². The lowest BCUT2D eigenvalue weighted by Gasteiger charge is -2.25. The first-order chi connectivity index (χ1) is 12.8. The monoisotopic (exact) mass is 363 g/mol. The number of carbonyl (C=O) groups is 1. The first-order valence-electron chi connectivity index (χ1n) is 8.80. The second-order valence-electron chi connectivity index (χ2n) is 6.49. The van der Waals surface area contributed by atoms with Crippen LogP contribution in [0.1, 0.15) is 42.7 Å². The lowest BCUT2D eigenvalue weighted by molar-refractivity contribution is 0.0598. The van der Waals surface area contributed by atoms with Crippen molar-refractivity contribution in [3.63, 3.8) is 0 Å². The molecule has 0 amide bonds. The number of nitrogens with one attached hydrogen (secondary N) is 1. The summed E-state index contributed by atoms with van der Waals surface area (Å²) in [7, 11) is 1.47. The molecule has 2 aromatic carbocycles. The van der Waals surface area contributed by atoms with Crippen molar-refractivity contribution in [2.45, 2.75) is 18.9 Å². The van der Waals surface area contributed by atoms with Gasteiger partial charge in [-0.05, 0) is 16.7 Å². The van der Waals surface area contributed by atoms with E-state index in [-0.39, 0.29) is 11.9 Å². The molecule has 0 saturated carbocycles. The number of rotatable bonds is 4. The maximum absolute atomic E-state index is 12.7. The molecule has 2 heterocycles. The Labute approximate surface area is 157 Å². The summed E-state index contributed by atoms with van der Waals surface area (Å²) >= 11 is 1.74. The fraction of sp³-hybridized carbons (Fsp3) is 0.227. The number of benzene rings is 2. The van der Waals surface area contributed by atoms with Crippen LogP contribution in [0.15, 0.2) is 60.7 Å². The third kappa shape index (κ3) is 3.18. The highest BCUT2D eigenvalue weighted by molar-refractivity contribution is 7.12. The van der Waals surface area contributed by atoms with Crippen molar-refractivity contribution < 1.29 is 9.53 Å². The molecule has 4 rings (SSSR count). The minimum Gasteiger partial charge on any atom is -0.465 e. The number of carbonyl (C=O) groups excluding carboxylic acids is 1. The summed E-state index contributed by atoms with van der Waals surface area (Å²) in [4.78, 5) is 15.0. The highest BCUT2D eigenvalue weighted by Gasteiger charge is 2.32. The van der Waals surface area contributed by atoms with Crippen LogP contribution in [0.5, 0.6) is 0 Å². The van der Waals surface area contributed by atoms with Crippen molar-refractivity contribution in [2.75, 3.05) is 13.7 Å². The van der Waals surface area contributed by atoms with Crippen LogP contribution in [0.2, 0.25) is 0 Å². The first kappa shape index (κ1) is 17.0. The summed E-state index contributed by atoms with van der Waals surface area (Å²) in [6, 6.07) is 20.7. The van der Waals surface area contributed by atoms with E-state index in [1.54, 1.807) is 11.3 Å². The average molecular weight is 363 g/mol. The third-order valence-corrected chi connectivity index (χ3v) is 6.08. The van der Waals surface area contributed by atoms with Gasteiger partial charge in [-0.2, -0.15) is 0 Å². The standard InChI is InChI=1S/C22H21NO2S/c1-25-22(24)21-18(12-15-8-4-2-5-9-15)26-19-14-23-13-17(20(19)21)16-10-6-3-7-11-16/h2-11,17,23H,12-14H2,1H3. The van der Waals surface area contributed by atoms with Gasteiger partial charge in [0, 0.05) is 35.2 Å². The number of esters is 1.